The molecule has 0 radical (unpaired) electrons. The number of carboxylic acids is 1. The summed E-state index contributed by atoms with van der Waals surface area (Å²) in [7, 11) is 0. The predicted molar refractivity (Wildman–Crippen MR) is 105 cm³/mol. The molecule has 0 aliphatic rings. The second-order valence-electron chi connectivity index (χ2n) is 7.16. The van der Waals surface area contributed by atoms with Gasteiger partial charge in [-0.1, -0.05) is 84.5 Å². The van der Waals surface area contributed by atoms with Crippen molar-refractivity contribution >= 4 is 11.9 Å². The van der Waals surface area contributed by atoms with Crippen molar-refractivity contribution in [1.82, 2.24) is 4.90 Å². The number of rotatable bonds is 18. The van der Waals surface area contributed by atoms with Gasteiger partial charge in [0.1, 0.15) is 0 Å². The zero-order valence-corrected chi connectivity index (χ0v) is 16.7. The van der Waals surface area contributed by atoms with E-state index in [1.165, 1.54) is 57.8 Å². The van der Waals surface area contributed by atoms with Crippen molar-refractivity contribution < 1.29 is 14.7 Å². The Morgan fingerprint density at radius 3 is 1.60 bits per heavy atom. The number of carbonyl (C=O) groups excluding carboxylic acids is 1. The molecular formula is C21H41NO3. The van der Waals surface area contributed by atoms with E-state index in [9.17, 15) is 9.59 Å². The number of hydrogen-bond acceptors (Lipinski definition) is 2. The summed E-state index contributed by atoms with van der Waals surface area (Å²) in [6, 6.07) is 0. The van der Waals surface area contributed by atoms with Crippen molar-refractivity contribution in [2.45, 2.75) is 110 Å². The van der Waals surface area contributed by atoms with Crippen molar-refractivity contribution in [3.8, 4) is 0 Å². The second kappa shape index (κ2) is 17.8. The Balaban J connectivity index is 3.65. The Morgan fingerprint density at radius 2 is 1.12 bits per heavy atom. The summed E-state index contributed by atoms with van der Waals surface area (Å²) in [6.45, 7) is 5.39. The maximum Gasteiger partial charge on any atom is 0.305 e. The molecule has 0 aliphatic heterocycles. The molecule has 0 spiro atoms. The fourth-order valence-electron chi connectivity index (χ4n) is 3.04. The molecule has 0 aromatic carbocycles. The topological polar surface area (TPSA) is 57.6 Å². The lowest BCUT2D eigenvalue weighted by Gasteiger charge is -2.21. The molecule has 4 heteroatoms. The molecule has 4 nitrogen and oxygen atoms in total. The van der Waals surface area contributed by atoms with E-state index < -0.39 is 5.97 Å². The molecular weight excluding hydrogens is 314 g/mol. The van der Waals surface area contributed by atoms with Crippen LogP contribution in [0.25, 0.3) is 0 Å². The number of amides is 1. The summed E-state index contributed by atoms with van der Waals surface area (Å²) < 4.78 is 0. The quantitative estimate of drug-likeness (QED) is 0.317. The SMILES string of the molecule is CCCCCCCCCCCCCC(=O)N(CCCC)CCC(=O)O. The first kappa shape index (κ1) is 23.9. The molecule has 0 fully saturated rings. The van der Waals surface area contributed by atoms with Crippen LogP contribution in [-0.2, 0) is 9.59 Å². The standard InChI is InChI=1S/C21H41NO3/c1-3-5-7-8-9-10-11-12-13-14-15-16-20(23)22(18-6-4-2)19-17-21(24)25/h3-19H2,1-2H3,(H,24,25). The number of unbranched alkanes of at least 4 members (excludes halogenated alkanes) is 11. The smallest absolute Gasteiger partial charge is 0.305 e. The van der Waals surface area contributed by atoms with E-state index in [-0.39, 0.29) is 12.3 Å². The van der Waals surface area contributed by atoms with Gasteiger partial charge >= 0.3 is 5.97 Å². The molecule has 0 unspecified atom stereocenters. The van der Waals surface area contributed by atoms with Gasteiger partial charge < -0.3 is 10.0 Å². The lowest BCUT2D eigenvalue weighted by Crippen LogP contribution is -2.33. The second-order valence-corrected chi connectivity index (χ2v) is 7.16. The average molecular weight is 356 g/mol. The monoisotopic (exact) mass is 355 g/mol. The summed E-state index contributed by atoms with van der Waals surface area (Å²) in [5, 5.41) is 8.81. The highest BCUT2D eigenvalue weighted by Gasteiger charge is 2.13. The van der Waals surface area contributed by atoms with E-state index in [0.29, 0.717) is 19.5 Å². The number of carbonyl (C=O) groups is 2. The number of carboxylic acid groups (broad SMARTS) is 1. The zero-order valence-electron chi connectivity index (χ0n) is 16.7. The Kier molecular flexibility index (Phi) is 17.0. The summed E-state index contributed by atoms with van der Waals surface area (Å²) in [5.41, 5.74) is 0. The zero-order chi connectivity index (χ0) is 18.8. The van der Waals surface area contributed by atoms with Gasteiger partial charge in [-0.3, -0.25) is 9.59 Å². The van der Waals surface area contributed by atoms with E-state index in [1.807, 2.05) is 0 Å². The maximum atomic E-state index is 12.3. The number of aliphatic carboxylic acids is 1. The van der Waals surface area contributed by atoms with Gasteiger partial charge in [0.25, 0.3) is 0 Å². The lowest BCUT2D eigenvalue weighted by atomic mass is 10.1. The third-order valence-electron chi connectivity index (χ3n) is 4.72. The fourth-order valence-corrected chi connectivity index (χ4v) is 3.04. The molecule has 0 aromatic heterocycles. The van der Waals surface area contributed by atoms with Crippen molar-refractivity contribution in [3.63, 3.8) is 0 Å². The van der Waals surface area contributed by atoms with E-state index >= 15 is 0 Å². The minimum atomic E-state index is -0.830. The van der Waals surface area contributed by atoms with E-state index in [2.05, 4.69) is 13.8 Å². The minimum Gasteiger partial charge on any atom is -0.481 e. The average Bonchev–Trinajstić information content (AvgIpc) is 2.59. The molecule has 0 heterocycles. The summed E-state index contributed by atoms with van der Waals surface area (Å²) in [5.74, 6) is -0.699. The molecule has 0 aliphatic carbocycles. The Labute approximate surface area is 155 Å². The van der Waals surface area contributed by atoms with Gasteiger partial charge in [-0.25, -0.2) is 0 Å². The van der Waals surface area contributed by atoms with Crippen LogP contribution in [0, 0.1) is 0 Å². The molecule has 0 saturated heterocycles. The summed E-state index contributed by atoms with van der Waals surface area (Å²) in [4.78, 5) is 24.7. The van der Waals surface area contributed by atoms with Crippen LogP contribution in [0.2, 0.25) is 0 Å². The highest BCUT2D eigenvalue weighted by atomic mass is 16.4. The van der Waals surface area contributed by atoms with Crippen LogP contribution in [0.1, 0.15) is 110 Å². The van der Waals surface area contributed by atoms with Gasteiger partial charge in [0.05, 0.1) is 6.42 Å². The van der Waals surface area contributed by atoms with Crippen LogP contribution < -0.4 is 0 Å². The van der Waals surface area contributed by atoms with Crippen molar-refractivity contribution in [2.24, 2.45) is 0 Å². The molecule has 1 N–H and O–H groups in total. The molecule has 0 atom stereocenters. The van der Waals surface area contributed by atoms with Crippen LogP contribution in [0.5, 0.6) is 0 Å². The first-order valence-electron chi connectivity index (χ1n) is 10.6. The van der Waals surface area contributed by atoms with Gasteiger partial charge in [0.15, 0.2) is 0 Å². The largest absolute Gasteiger partial charge is 0.481 e. The van der Waals surface area contributed by atoms with Crippen molar-refractivity contribution in [1.29, 1.82) is 0 Å². The molecule has 0 rings (SSSR count). The van der Waals surface area contributed by atoms with E-state index in [4.69, 9.17) is 5.11 Å². The van der Waals surface area contributed by atoms with Gasteiger partial charge in [-0.15, -0.1) is 0 Å². The molecule has 0 aromatic rings. The van der Waals surface area contributed by atoms with Crippen molar-refractivity contribution in [2.75, 3.05) is 13.1 Å². The lowest BCUT2D eigenvalue weighted by molar-refractivity contribution is -0.138. The first-order valence-corrected chi connectivity index (χ1v) is 10.6. The van der Waals surface area contributed by atoms with Crippen LogP contribution in [-0.4, -0.2) is 35.0 Å². The Bertz CT molecular complexity index is 331. The maximum absolute atomic E-state index is 12.3. The van der Waals surface area contributed by atoms with Crippen LogP contribution in [0.3, 0.4) is 0 Å². The third-order valence-corrected chi connectivity index (χ3v) is 4.72. The molecule has 1 amide bonds. The van der Waals surface area contributed by atoms with Gasteiger partial charge in [-0.2, -0.15) is 0 Å². The molecule has 148 valence electrons. The first-order chi connectivity index (χ1) is 12.1. The van der Waals surface area contributed by atoms with Crippen LogP contribution >= 0.6 is 0 Å². The highest BCUT2D eigenvalue weighted by molar-refractivity contribution is 5.77. The number of nitrogens with zero attached hydrogens (tertiary/aromatic N) is 1. The Morgan fingerprint density at radius 1 is 0.640 bits per heavy atom. The summed E-state index contributed by atoms with van der Waals surface area (Å²) in [6.07, 6.45) is 16.6. The van der Waals surface area contributed by atoms with Gasteiger partial charge in [0.2, 0.25) is 5.91 Å². The van der Waals surface area contributed by atoms with Gasteiger partial charge in [0, 0.05) is 19.5 Å². The summed E-state index contributed by atoms with van der Waals surface area (Å²) >= 11 is 0. The van der Waals surface area contributed by atoms with Crippen molar-refractivity contribution in [3.05, 3.63) is 0 Å². The minimum absolute atomic E-state index is 0.0493. The number of hydrogen-bond donors (Lipinski definition) is 1. The normalized spacial score (nSPS) is 10.8. The van der Waals surface area contributed by atoms with Crippen LogP contribution in [0.4, 0.5) is 0 Å². The fraction of sp³-hybridized carbons (Fsp3) is 0.905. The molecule has 0 bridgehead atoms. The van der Waals surface area contributed by atoms with Crippen LogP contribution in [0.15, 0.2) is 0 Å². The Hall–Kier alpha value is -1.06. The highest BCUT2D eigenvalue weighted by Crippen LogP contribution is 2.12. The third kappa shape index (κ3) is 16.2. The molecule has 25 heavy (non-hydrogen) atoms. The van der Waals surface area contributed by atoms with E-state index in [0.717, 1.165) is 25.7 Å². The molecule has 0 saturated carbocycles. The van der Waals surface area contributed by atoms with E-state index in [1.54, 1.807) is 4.90 Å². The predicted octanol–water partition coefficient (Wildman–Crippen LogP) is 5.79. The van der Waals surface area contributed by atoms with Gasteiger partial charge in [-0.05, 0) is 12.8 Å².